The molecule has 4 heteroatoms. The van der Waals surface area contributed by atoms with Gasteiger partial charge in [0, 0.05) is 31.0 Å². The zero-order valence-corrected chi connectivity index (χ0v) is 12.3. The van der Waals surface area contributed by atoms with Crippen LogP contribution in [0.5, 0.6) is 0 Å². The lowest BCUT2D eigenvalue weighted by molar-refractivity contribution is 0.124. The van der Waals surface area contributed by atoms with Gasteiger partial charge >= 0.3 is 0 Å². The molecule has 1 aromatic rings. The minimum atomic E-state index is 0.456. The van der Waals surface area contributed by atoms with Crippen molar-refractivity contribution in [1.29, 1.82) is 0 Å². The van der Waals surface area contributed by atoms with Crippen molar-refractivity contribution in [3.8, 4) is 0 Å². The lowest BCUT2D eigenvalue weighted by atomic mass is 10.1. The standard InChI is InChI=1S/C15H22N2OS/c1-11-9-13(5-6-14(11)15(16)19)17-7-2-8-18-10-12-3-4-12/h5-6,9,12,17H,2-4,7-8,10H2,1H3,(H2,16,19). The van der Waals surface area contributed by atoms with Crippen LogP contribution in [0.3, 0.4) is 0 Å². The van der Waals surface area contributed by atoms with Crippen LogP contribution in [0.2, 0.25) is 0 Å². The van der Waals surface area contributed by atoms with Crippen molar-refractivity contribution in [1.82, 2.24) is 0 Å². The highest BCUT2D eigenvalue weighted by Crippen LogP contribution is 2.28. The van der Waals surface area contributed by atoms with E-state index in [1.807, 2.05) is 19.1 Å². The van der Waals surface area contributed by atoms with Gasteiger partial charge in [-0.2, -0.15) is 0 Å². The quantitative estimate of drug-likeness (QED) is 0.567. The van der Waals surface area contributed by atoms with Gasteiger partial charge in [-0.05, 0) is 55.9 Å². The summed E-state index contributed by atoms with van der Waals surface area (Å²) in [4.78, 5) is 0.456. The Bertz CT molecular complexity index is 444. The number of benzene rings is 1. The van der Waals surface area contributed by atoms with Gasteiger partial charge in [0.15, 0.2) is 0 Å². The summed E-state index contributed by atoms with van der Waals surface area (Å²) < 4.78 is 5.60. The van der Waals surface area contributed by atoms with Gasteiger partial charge in [0.25, 0.3) is 0 Å². The fourth-order valence-electron chi connectivity index (χ4n) is 1.99. The number of hydrogen-bond donors (Lipinski definition) is 2. The third kappa shape index (κ3) is 4.80. The first kappa shape index (κ1) is 14.3. The summed E-state index contributed by atoms with van der Waals surface area (Å²) >= 11 is 4.99. The van der Waals surface area contributed by atoms with Crippen LogP contribution in [0.4, 0.5) is 5.69 Å². The van der Waals surface area contributed by atoms with Crippen LogP contribution < -0.4 is 11.1 Å². The highest BCUT2D eigenvalue weighted by atomic mass is 32.1. The maximum absolute atomic E-state index is 5.64. The minimum Gasteiger partial charge on any atom is -0.389 e. The van der Waals surface area contributed by atoms with Gasteiger partial charge in [0.2, 0.25) is 0 Å². The summed E-state index contributed by atoms with van der Waals surface area (Å²) in [6.07, 6.45) is 3.74. The van der Waals surface area contributed by atoms with Crippen molar-refractivity contribution in [2.24, 2.45) is 11.7 Å². The number of aryl methyl sites for hydroxylation is 1. The first-order valence-electron chi connectivity index (χ1n) is 6.89. The van der Waals surface area contributed by atoms with E-state index in [0.717, 1.165) is 48.9 Å². The fraction of sp³-hybridized carbons (Fsp3) is 0.533. The predicted octanol–water partition coefficient (Wildman–Crippen LogP) is 2.86. The summed E-state index contributed by atoms with van der Waals surface area (Å²) in [5.74, 6) is 0.850. The molecule has 1 saturated carbocycles. The van der Waals surface area contributed by atoms with Gasteiger partial charge < -0.3 is 15.8 Å². The topological polar surface area (TPSA) is 47.3 Å². The van der Waals surface area contributed by atoms with E-state index in [9.17, 15) is 0 Å². The SMILES string of the molecule is Cc1cc(NCCCOCC2CC2)ccc1C(N)=S. The summed E-state index contributed by atoms with van der Waals surface area (Å²) in [6.45, 7) is 4.74. The molecule has 1 fully saturated rings. The molecular weight excluding hydrogens is 256 g/mol. The lowest BCUT2D eigenvalue weighted by Crippen LogP contribution is -2.12. The second-order valence-corrected chi connectivity index (χ2v) is 5.63. The molecule has 0 radical (unpaired) electrons. The Morgan fingerprint density at radius 3 is 2.89 bits per heavy atom. The molecule has 0 atom stereocenters. The Labute approximate surface area is 120 Å². The van der Waals surface area contributed by atoms with Crippen molar-refractivity contribution < 1.29 is 4.74 Å². The Balaban J connectivity index is 1.67. The van der Waals surface area contributed by atoms with Gasteiger partial charge in [0.1, 0.15) is 4.99 Å². The highest BCUT2D eigenvalue weighted by Gasteiger charge is 2.20. The van der Waals surface area contributed by atoms with Crippen molar-refractivity contribution in [2.75, 3.05) is 25.1 Å². The average molecular weight is 278 g/mol. The fourth-order valence-corrected chi connectivity index (χ4v) is 2.22. The van der Waals surface area contributed by atoms with E-state index < -0.39 is 0 Å². The van der Waals surface area contributed by atoms with E-state index in [2.05, 4.69) is 11.4 Å². The molecule has 19 heavy (non-hydrogen) atoms. The molecule has 0 bridgehead atoms. The monoisotopic (exact) mass is 278 g/mol. The number of nitrogens with two attached hydrogens (primary N) is 1. The van der Waals surface area contributed by atoms with Crippen LogP contribution in [0.1, 0.15) is 30.4 Å². The lowest BCUT2D eigenvalue weighted by Gasteiger charge is -2.10. The van der Waals surface area contributed by atoms with E-state index in [1.54, 1.807) is 0 Å². The van der Waals surface area contributed by atoms with Crippen LogP contribution in [0, 0.1) is 12.8 Å². The van der Waals surface area contributed by atoms with Crippen LogP contribution in [-0.2, 0) is 4.74 Å². The first-order valence-corrected chi connectivity index (χ1v) is 7.29. The van der Waals surface area contributed by atoms with Crippen LogP contribution in [0.15, 0.2) is 18.2 Å². The summed E-state index contributed by atoms with van der Waals surface area (Å²) in [6, 6.07) is 6.08. The number of hydrogen-bond acceptors (Lipinski definition) is 3. The zero-order chi connectivity index (χ0) is 13.7. The highest BCUT2D eigenvalue weighted by molar-refractivity contribution is 7.80. The zero-order valence-electron chi connectivity index (χ0n) is 11.4. The number of rotatable bonds is 8. The maximum Gasteiger partial charge on any atom is 0.104 e. The second-order valence-electron chi connectivity index (χ2n) is 5.19. The van der Waals surface area contributed by atoms with Crippen molar-refractivity contribution in [3.05, 3.63) is 29.3 Å². The average Bonchev–Trinajstić information content (AvgIpc) is 3.17. The normalized spacial score (nSPS) is 14.4. The molecule has 0 heterocycles. The minimum absolute atomic E-state index is 0.456. The molecule has 3 nitrogen and oxygen atoms in total. The molecule has 0 aromatic heterocycles. The smallest absolute Gasteiger partial charge is 0.104 e. The third-order valence-corrected chi connectivity index (χ3v) is 3.56. The third-order valence-electron chi connectivity index (χ3n) is 3.34. The number of ether oxygens (including phenoxy) is 1. The van der Waals surface area contributed by atoms with Crippen LogP contribution >= 0.6 is 12.2 Å². The largest absolute Gasteiger partial charge is 0.389 e. The van der Waals surface area contributed by atoms with Crippen molar-refractivity contribution in [3.63, 3.8) is 0 Å². The summed E-state index contributed by atoms with van der Waals surface area (Å²) in [5, 5.41) is 3.39. The molecule has 2 rings (SSSR count). The number of thiocarbonyl (C=S) groups is 1. The van der Waals surface area contributed by atoms with Crippen molar-refractivity contribution in [2.45, 2.75) is 26.2 Å². The molecule has 104 valence electrons. The molecule has 0 spiro atoms. The van der Waals surface area contributed by atoms with Gasteiger partial charge in [-0.1, -0.05) is 12.2 Å². The van der Waals surface area contributed by atoms with Gasteiger partial charge in [-0.15, -0.1) is 0 Å². The van der Waals surface area contributed by atoms with E-state index in [-0.39, 0.29) is 0 Å². The van der Waals surface area contributed by atoms with E-state index >= 15 is 0 Å². The molecule has 0 saturated heterocycles. The molecule has 1 aliphatic rings. The number of nitrogens with one attached hydrogen (secondary N) is 1. The molecule has 3 N–H and O–H groups in total. The van der Waals surface area contributed by atoms with Crippen LogP contribution in [0.25, 0.3) is 0 Å². The molecule has 0 unspecified atom stereocenters. The Morgan fingerprint density at radius 2 is 2.26 bits per heavy atom. The van der Waals surface area contributed by atoms with Crippen molar-refractivity contribution >= 4 is 22.9 Å². The molecular formula is C15H22N2OS. The molecule has 0 amide bonds. The Hall–Kier alpha value is -1.13. The Kier molecular flexibility index (Phi) is 5.16. The molecule has 1 aromatic carbocycles. The molecule has 0 aliphatic heterocycles. The number of anilines is 1. The Morgan fingerprint density at radius 1 is 1.47 bits per heavy atom. The predicted molar refractivity (Wildman–Crippen MR) is 83.7 cm³/mol. The summed E-state index contributed by atoms with van der Waals surface area (Å²) in [5.41, 5.74) is 8.82. The second kappa shape index (κ2) is 6.87. The van der Waals surface area contributed by atoms with Gasteiger partial charge in [-0.25, -0.2) is 0 Å². The van der Waals surface area contributed by atoms with Gasteiger partial charge in [-0.3, -0.25) is 0 Å². The van der Waals surface area contributed by atoms with E-state index in [1.165, 1.54) is 12.8 Å². The first-order chi connectivity index (χ1) is 9.16. The van der Waals surface area contributed by atoms with E-state index in [0.29, 0.717) is 4.99 Å². The van der Waals surface area contributed by atoms with Gasteiger partial charge in [0.05, 0.1) is 0 Å². The molecule has 1 aliphatic carbocycles. The summed E-state index contributed by atoms with van der Waals surface area (Å²) in [7, 11) is 0. The maximum atomic E-state index is 5.64. The van der Waals surface area contributed by atoms with Crippen LogP contribution in [-0.4, -0.2) is 24.7 Å². The van der Waals surface area contributed by atoms with E-state index in [4.69, 9.17) is 22.7 Å².